The summed E-state index contributed by atoms with van der Waals surface area (Å²) in [4.78, 5) is 24.8. The fraction of sp³-hybridized carbons (Fsp3) is 0.706. The van der Waals surface area contributed by atoms with Crippen LogP contribution >= 0.6 is 0 Å². The van der Waals surface area contributed by atoms with Crippen molar-refractivity contribution in [2.75, 3.05) is 29.4 Å². The molecule has 0 aliphatic carbocycles. The number of hydrogen-bond acceptors (Lipinski definition) is 5. The number of rotatable bonds is 4. The van der Waals surface area contributed by atoms with E-state index in [1.54, 1.807) is 0 Å². The quantitative estimate of drug-likeness (QED) is 0.920. The Balaban J connectivity index is 1.71. The first-order chi connectivity index (χ1) is 11.2. The maximum absolute atomic E-state index is 11.1. The van der Waals surface area contributed by atoms with Crippen molar-refractivity contribution in [3.63, 3.8) is 0 Å². The van der Waals surface area contributed by atoms with Gasteiger partial charge in [0.05, 0.1) is 5.92 Å². The molecular weight excluding hydrogens is 292 g/mol. The molecule has 2 aliphatic rings. The molecular formula is C17H26N4O2. The van der Waals surface area contributed by atoms with Crippen LogP contribution in [-0.4, -0.2) is 46.7 Å². The Morgan fingerprint density at radius 3 is 2.74 bits per heavy atom. The van der Waals surface area contributed by atoms with Gasteiger partial charge in [-0.3, -0.25) is 4.79 Å². The van der Waals surface area contributed by atoms with E-state index in [0.717, 1.165) is 37.8 Å². The lowest BCUT2D eigenvalue weighted by Gasteiger charge is -2.37. The highest BCUT2D eigenvalue weighted by atomic mass is 16.4. The van der Waals surface area contributed by atoms with Gasteiger partial charge in [-0.1, -0.05) is 6.92 Å². The van der Waals surface area contributed by atoms with Crippen LogP contribution in [0.4, 0.5) is 11.8 Å². The van der Waals surface area contributed by atoms with E-state index in [2.05, 4.69) is 21.7 Å². The third-order valence-corrected chi connectivity index (χ3v) is 5.15. The van der Waals surface area contributed by atoms with Crippen molar-refractivity contribution in [1.82, 2.24) is 9.97 Å². The lowest BCUT2D eigenvalue weighted by molar-refractivity contribution is -0.142. The molecule has 6 heteroatoms. The molecule has 1 aromatic heterocycles. The van der Waals surface area contributed by atoms with Crippen molar-refractivity contribution in [3.05, 3.63) is 12.3 Å². The van der Waals surface area contributed by atoms with Gasteiger partial charge in [-0.25, -0.2) is 4.98 Å². The SMILES string of the molecule is CC[C@H]1CCCCN1c1ccnc(N2CCC(C(=O)O)CC2)n1. The first-order valence-electron chi connectivity index (χ1n) is 8.76. The van der Waals surface area contributed by atoms with Crippen LogP contribution in [0.15, 0.2) is 12.3 Å². The van der Waals surface area contributed by atoms with Crippen molar-refractivity contribution in [2.45, 2.75) is 51.5 Å². The van der Waals surface area contributed by atoms with Gasteiger partial charge in [-0.05, 0) is 44.6 Å². The molecule has 6 nitrogen and oxygen atoms in total. The zero-order chi connectivity index (χ0) is 16.2. The summed E-state index contributed by atoms with van der Waals surface area (Å²) in [6.45, 7) is 4.74. The molecule has 0 bridgehead atoms. The van der Waals surface area contributed by atoms with Crippen LogP contribution in [0.2, 0.25) is 0 Å². The minimum Gasteiger partial charge on any atom is -0.481 e. The van der Waals surface area contributed by atoms with Crippen molar-refractivity contribution in [1.29, 1.82) is 0 Å². The molecule has 0 unspecified atom stereocenters. The average Bonchev–Trinajstić information content (AvgIpc) is 2.62. The molecule has 2 aliphatic heterocycles. The lowest BCUT2D eigenvalue weighted by atomic mass is 9.97. The molecule has 2 fully saturated rings. The van der Waals surface area contributed by atoms with Gasteiger partial charge in [0.1, 0.15) is 5.82 Å². The molecule has 2 saturated heterocycles. The molecule has 0 amide bonds. The Bertz CT molecular complexity index is 543. The van der Waals surface area contributed by atoms with E-state index in [0.29, 0.717) is 18.9 Å². The third-order valence-electron chi connectivity index (χ3n) is 5.15. The zero-order valence-electron chi connectivity index (χ0n) is 13.8. The predicted molar refractivity (Wildman–Crippen MR) is 89.9 cm³/mol. The first-order valence-corrected chi connectivity index (χ1v) is 8.76. The number of carboxylic acids is 1. The monoisotopic (exact) mass is 318 g/mol. The van der Waals surface area contributed by atoms with Crippen LogP contribution in [0.5, 0.6) is 0 Å². The van der Waals surface area contributed by atoms with Crippen molar-refractivity contribution < 1.29 is 9.90 Å². The normalized spacial score (nSPS) is 23.1. The van der Waals surface area contributed by atoms with Crippen molar-refractivity contribution in [2.24, 2.45) is 5.92 Å². The number of aliphatic carboxylic acids is 1. The highest BCUT2D eigenvalue weighted by Gasteiger charge is 2.27. The third kappa shape index (κ3) is 3.57. The van der Waals surface area contributed by atoms with E-state index in [1.807, 2.05) is 12.3 Å². The van der Waals surface area contributed by atoms with Crippen LogP contribution in [0.3, 0.4) is 0 Å². The maximum Gasteiger partial charge on any atom is 0.306 e. The van der Waals surface area contributed by atoms with Crippen molar-refractivity contribution >= 4 is 17.7 Å². The summed E-state index contributed by atoms with van der Waals surface area (Å²) in [5, 5.41) is 9.11. The van der Waals surface area contributed by atoms with E-state index >= 15 is 0 Å². The molecule has 0 spiro atoms. The van der Waals surface area contributed by atoms with Crippen molar-refractivity contribution in [3.8, 4) is 0 Å². The van der Waals surface area contributed by atoms with Crippen LogP contribution in [0, 0.1) is 5.92 Å². The summed E-state index contributed by atoms with van der Waals surface area (Å²) in [6, 6.07) is 2.57. The summed E-state index contributed by atoms with van der Waals surface area (Å²) in [5.41, 5.74) is 0. The van der Waals surface area contributed by atoms with E-state index in [4.69, 9.17) is 10.1 Å². The van der Waals surface area contributed by atoms with Gasteiger partial charge < -0.3 is 14.9 Å². The standard InChI is InChI=1S/C17H26N4O2/c1-2-14-5-3-4-10-21(14)15-6-9-18-17(19-15)20-11-7-13(8-12-20)16(22)23/h6,9,13-14H,2-5,7-8,10-12H2,1H3,(H,22,23)/t14-/m0/s1. The first kappa shape index (κ1) is 16.0. The van der Waals surface area contributed by atoms with E-state index in [1.165, 1.54) is 19.3 Å². The van der Waals surface area contributed by atoms with Gasteiger partial charge in [-0.15, -0.1) is 0 Å². The Morgan fingerprint density at radius 1 is 1.26 bits per heavy atom. The molecule has 0 radical (unpaired) electrons. The number of carbonyl (C=O) groups is 1. The highest BCUT2D eigenvalue weighted by molar-refractivity contribution is 5.70. The van der Waals surface area contributed by atoms with Gasteiger partial charge in [0.2, 0.25) is 5.95 Å². The minimum absolute atomic E-state index is 0.221. The zero-order valence-corrected chi connectivity index (χ0v) is 13.8. The molecule has 0 aromatic carbocycles. The summed E-state index contributed by atoms with van der Waals surface area (Å²) < 4.78 is 0. The summed E-state index contributed by atoms with van der Waals surface area (Å²) in [7, 11) is 0. The number of anilines is 2. The number of carboxylic acid groups (broad SMARTS) is 1. The average molecular weight is 318 g/mol. The van der Waals surface area contributed by atoms with Crippen LogP contribution in [0.1, 0.15) is 45.4 Å². The summed E-state index contributed by atoms with van der Waals surface area (Å²) in [5.74, 6) is 0.855. The Labute approximate surface area is 137 Å². The number of piperidine rings is 2. The fourth-order valence-corrected chi connectivity index (χ4v) is 3.70. The van der Waals surface area contributed by atoms with E-state index < -0.39 is 5.97 Å². The summed E-state index contributed by atoms with van der Waals surface area (Å²) >= 11 is 0. The fourth-order valence-electron chi connectivity index (χ4n) is 3.70. The van der Waals surface area contributed by atoms with Gasteiger partial charge in [0.25, 0.3) is 0 Å². The van der Waals surface area contributed by atoms with E-state index in [-0.39, 0.29) is 5.92 Å². The Hall–Kier alpha value is -1.85. The molecule has 1 N–H and O–H groups in total. The molecule has 3 heterocycles. The molecule has 23 heavy (non-hydrogen) atoms. The second-order valence-electron chi connectivity index (χ2n) is 6.57. The molecule has 0 saturated carbocycles. The minimum atomic E-state index is -0.682. The lowest BCUT2D eigenvalue weighted by Crippen LogP contribution is -2.40. The van der Waals surface area contributed by atoms with Crippen LogP contribution in [-0.2, 0) is 4.79 Å². The summed E-state index contributed by atoms with van der Waals surface area (Å²) in [6.07, 6.45) is 8.08. The van der Waals surface area contributed by atoms with Crippen LogP contribution < -0.4 is 9.80 Å². The smallest absolute Gasteiger partial charge is 0.306 e. The molecule has 3 rings (SSSR count). The van der Waals surface area contributed by atoms with E-state index in [9.17, 15) is 4.79 Å². The largest absolute Gasteiger partial charge is 0.481 e. The maximum atomic E-state index is 11.1. The van der Waals surface area contributed by atoms with Crippen LogP contribution in [0.25, 0.3) is 0 Å². The second-order valence-corrected chi connectivity index (χ2v) is 6.57. The Morgan fingerprint density at radius 2 is 2.04 bits per heavy atom. The number of aromatic nitrogens is 2. The van der Waals surface area contributed by atoms with Gasteiger partial charge >= 0.3 is 5.97 Å². The second kappa shape index (κ2) is 7.15. The number of hydrogen-bond donors (Lipinski definition) is 1. The van der Waals surface area contributed by atoms with Gasteiger partial charge in [0.15, 0.2) is 0 Å². The molecule has 126 valence electrons. The molecule has 1 atom stereocenters. The van der Waals surface area contributed by atoms with Gasteiger partial charge in [-0.2, -0.15) is 4.98 Å². The Kier molecular flexibility index (Phi) is 4.98. The van der Waals surface area contributed by atoms with Gasteiger partial charge in [0, 0.05) is 31.9 Å². The number of nitrogens with zero attached hydrogens (tertiary/aromatic N) is 4. The predicted octanol–water partition coefficient (Wildman–Crippen LogP) is 2.55. The highest BCUT2D eigenvalue weighted by Crippen LogP contribution is 2.27. The topological polar surface area (TPSA) is 69.6 Å². The molecule has 1 aromatic rings.